The van der Waals surface area contributed by atoms with Crippen LogP contribution in [-0.2, 0) is 11.8 Å². The first kappa shape index (κ1) is 16.5. The van der Waals surface area contributed by atoms with Crippen molar-refractivity contribution in [2.75, 3.05) is 0 Å². The van der Waals surface area contributed by atoms with Gasteiger partial charge in [-0.3, -0.25) is 4.98 Å². The minimum absolute atomic E-state index is 0.658. The number of benzene rings is 1. The molecule has 0 saturated heterocycles. The number of rotatable bonds is 6. The van der Waals surface area contributed by atoms with E-state index in [0.29, 0.717) is 0 Å². The maximum atomic E-state index is 9.33. The fourth-order valence-electron chi connectivity index (χ4n) is 2.56. The van der Waals surface area contributed by atoms with Crippen LogP contribution < -0.4 is 0 Å². The fraction of sp³-hybridized carbons (Fsp3) is 0.250. The van der Waals surface area contributed by atoms with E-state index in [1.165, 1.54) is 5.56 Å². The third-order valence-electron chi connectivity index (χ3n) is 4.05. The zero-order valence-corrected chi connectivity index (χ0v) is 13.2. The van der Waals surface area contributed by atoms with Gasteiger partial charge in [-0.1, -0.05) is 48.6 Å². The summed E-state index contributed by atoms with van der Waals surface area (Å²) >= 11 is 0. The Morgan fingerprint density at radius 3 is 2.48 bits per heavy atom. The van der Waals surface area contributed by atoms with E-state index >= 15 is 0 Å². The molecular formula is C20H19N3. The van der Waals surface area contributed by atoms with Gasteiger partial charge in [0, 0.05) is 17.8 Å². The first-order valence-electron chi connectivity index (χ1n) is 7.62. The number of aromatic nitrogens is 1. The lowest BCUT2D eigenvalue weighted by Crippen LogP contribution is -2.28. The summed E-state index contributed by atoms with van der Waals surface area (Å²) in [5, 5.41) is 18.7. The Morgan fingerprint density at radius 2 is 1.87 bits per heavy atom. The van der Waals surface area contributed by atoms with E-state index in [0.717, 1.165) is 18.4 Å². The van der Waals surface area contributed by atoms with Crippen LogP contribution in [-0.4, -0.2) is 4.98 Å². The topological polar surface area (TPSA) is 60.5 Å². The van der Waals surface area contributed by atoms with Crippen LogP contribution in [0.3, 0.4) is 0 Å². The number of pyridine rings is 1. The number of hydrogen-bond acceptors (Lipinski definition) is 3. The molecule has 3 heteroatoms. The van der Waals surface area contributed by atoms with Gasteiger partial charge in [-0.2, -0.15) is 10.5 Å². The van der Waals surface area contributed by atoms with Gasteiger partial charge in [-0.25, -0.2) is 0 Å². The number of hydrogen-bond donors (Lipinski definition) is 0. The summed E-state index contributed by atoms with van der Waals surface area (Å²) in [4.78, 5) is 4.12. The maximum absolute atomic E-state index is 9.33. The van der Waals surface area contributed by atoms with Crippen LogP contribution >= 0.6 is 0 Å². The predicted molar refractivity (Wildman–Crippen MR) is 90.2 cm³/mol. The SMILES string of the molecule is C[C@@](/C=C/CCc1ccccc1)(c1cccnc1)C(C#N)C#N. The minimum Gasteiger partial charge on any atom is -0.264 e. The largest absolute Gasteiger partial charge is 0.264 e. The van der Waals surface area contributed by atoms with Crippen molar-refractivity contribution in [3.05, 3.63) is 78.1 Å². The Kier molecular flexibility index (Phi) is 5.67. The number of aryl methyl sites for hydroxylation is 1. The molecular weight excluding hydrogens is 282 g/mol. The quantitative estimate of drug-likeness (QED) is 0.751. The zero-order valence-electron chi connectivity index (χ0n) is 13.2. The van der Waals surface area contributed by atoms with Crippen LogP contribution in [0.1, 0.15) is 24.5 Å². The summed E-state index contributed by atoms with van der Waals surface area (Å²) in [5.74, 6) is -0.750. The molecule has 0 aliphatic heterocycles. The first-order valence-corrected chi connectivity index (χ1v) is 7.62. The molecule has 2 aromatic rings. The molecule has 3 nitrogen and oxygen atoms in total. The normalized spacial score (nSPS) is 13.4. The Balaban J connectivity index is 2.17. The van der Waals surface area contributed by atoms with Crippen molar-refractivity contribution in [2.45, 2.75) is 25.2 Å². The summed E-state index contributed by atoms with van der Waals surface area (Å²) in [6, 6.07) is 18.2. The lowest BCUT2D eigenvalue weighted by molar-refractivity contribution is 0.518. The third-order valence-corrected chi connectivity index (χ3v) is 4.05. The van der Waals surface area contributed by atoms with Crippen molar-refractivity contribution < 1.29 is 0 Å². The van der Waals surface area contributed by atoms with Crippen LogP contribution in [0, 0.1) is 28.6 Å². The van der Waals surface area contributed by atoms with Crippen LogP contribution in [0.15, 0.2) is 67.0 Å². The average molecular weight is 301 g/mol. The van der Waals surface area contributed by atoms with Crippen LogP contribution in [0.4, 0.5) is 0 Å². The van der Waals surface area contributed by atoms with Crippen molar-refractivity contribution in [2.24, 2.45) is 5.92 Å². The molecule has 0 N–H and O–H groups in total. The number of nitrogens with zero attached hydrogens (tertiary/aromatic N) is 3. The molecule has 0 aliphatic carbocycles. The molecule has 114 valence electrons. The smallest absolute Gasteiger partial charge is 0.146 e. The van der Waals surface area contributed by atoms with E-state index in [9.17, 15) is 10.5 Å². The lowest BCUT2D eigenvalue weighted by Gasteiger charge is -2.27. The zero-order chi connectivity index (χ0) is 16.5. The van der Waals surface area contributed by atoms with E-state index < -0.39 is 11.3 Å². The van der Waals surface area contributed by atoms with Gasteiger partial charge in [-0.05, 0) is 37.0 Å². The van der Waals surface area contributed by atoms with Gasteiger partial charge >= 0.3 is 0 Å². The lowest BCUT2D eigenvalue weighted by atomic mass is 9.73. The average Bonchev–Trinajstić information content (AvgIpc) is 2.61. The van der Waals surface area contributed by atoms with Crippen molar-refractivity contribution in [3.8, 4) is 12.1 Å². The van der Waals surface area contributed by atoms with Crippen molar-refractivity contribution in [3.63, 3.8) is 0 Å². The van der Waals surface area contributed by atoms with Crippen molar-refractivity contribution in [1.82, 2.24) is 4.98 Å². The highest BCUT2D eigenvalue weighted by molar-refractivity contribution is 5.34. The summed E-state index contributed by atoms with van der Waals surface area (Å²) in [6.45, 7) is 1.92. The number of allylic oxidation sites excluding steroid dienone is 2. The second kappa shape index (κ2) is 7.92. The predicted octanol–water partition coefficient (Wildman–Crippen LogP) is 4.19. The Morgan fingerprint density at radius 1 is 1.13 bits per heavy atom. The molecule has 0 unspecified atom stereocenters. The molecule has 1 atom stereocenters. The van der Waals surface area contributed by atoms with E-state index in [1.807, 2.05) is 43.3 Å². The van der Waals surface area contributed by atoms with E-state index in [-0.39, 0.29) is 0 Å². The van der Waals surface area contributed by atoms with E-state index in [2.05, 4.69) is 35.3 Å². The molecule has 0 bridgehead atoms. The van der Waals surface area contributed by atoms with Gasteiger partial charge in [0.2, 0.25) is 0 Å². The molecule has 1 aromatic heterocycles. The van der Waals surface area contributed by atoms with Gasteiger partial charge in [0.1, 0.15) is 5.92 Å². The molecule has 0 fully saturated rings. The Bertz CT molecular complexity index is 709. The molecule has 0 amide bonds. The van der Waals surface area contributed by atoms with Crippen LogP contribution in [0.2, 0.25) is 0 Å². The molecule has 23 heavy (non-hydrogen) atoms. The second-order valence-electron chi connectivity index (χ2n) is 5.64. The molecule has 1 heterocycles. The minimum atomic E-state index is -0.750. The molecule has 0 spiro atoms. The molecule has 0 radical (unpaired) electrons. The first-order chi connectivity index (χ1) is 11.2. The summed E-state index contributed by atoms with van der Waals surface area (Å²) in [5.41, 5.74) is 1.50. The summed E-state index contributed by atoms with van der Waals surface area (Å²) < 4.78 is 0. The summed E-state index contributed by atoms with van der Waals surface area (Å²) in [7, 11) is 0. The molecule has 1 aromatic carbocycles. The van der Waals surface area contributed by atoms with Gasteiger partial charge in [0.25, 0.3) is 0 Å². The van der Waals surface area contributed by atoms with E-state index in [4.69, 9.17) is 0 Å². The monoisotopic (exact) mass is 301 g/mol. The van der Waals surface area contributed by atoms with E-state index in [1.54, 1.807) is 12.4 Å². The number of nitriles is 2. The van der Waals surface area contributed by atoms with Gasteiger partial charge < -0.3 is 0 Å². The van der Waals surface area contributed by atoms with Crippen LogP contribution in [0.25, 0.3) is 0 Å². The van der Waals surface area contributed by atoms with Gasteiger partial charge in [0.05, 0.1) is 12.1 Å². The highest BCUT2D eigenvalue weighted by atomic mass is 14.6. The highest BCUT2D eigenvalue weighted by Crippen LogP contribution is 2.33. The summed E-state index contributed by atoms with van der Waals surface area (Å²) in [6.07, 6.45) is 9.25. The fourth-order valence-corrected chi connectivity index (χ4v) is 2.56. The molecule has 0 aliphatic rings. The van der Waals surface area contributed by atoms with Crippen molar-refractivity contribution in [1.29, 1.82) is 10.5 Å². The van der Waals surface area contributed by atoms with Gasteiger partial charge in [-0.15, -0.1) is 0 Å². The molecule has 0 saturated carbocycles. The Labute approximate surface area is 137 Å². The molecule has 2 rings (SSSR count). The van der Waals surface area contributed by atoms with Crippen molar-refractivity contribution >= 4 is 0 Å². The Hall–Kier alpha value is -2.91. The maximum Gasteiger partial charge on any atom is 0.146 e. The van der Waals surface area contributed by atoms with Crippen LogP contribution in [0.5, 0.6) is 0 Å². The second-order valence-corrected chi connectivity index (χ2v) is 5.64. The van der Waals surface area contributed by atoms with Gasteiger partial charge in [0.15, 0.2) is 0 Å². The standard InChI is InChI=1S/C20H19N3/c1-20(19(14-21)15-22,18-11-7-13-23-16-18)12-6-5-10-17-8-3-2-4-9-17/h2-4,6-9,11-13,16,19H,5,10H2,1H3/b12-6+/t20-/m1/s1. The highest BCUT2D eigenvalue weighted by Gasteiger charge is 2.34. The third kappa shape index (κ3) is 4.05.